The van der Waals surface area contributed by atoms with Crippen LogP contribution in [-0.4, -0.2) is 37.7 Å². The van der Waals surface area contributed by atoms with Crippen LogP contribution in [0.5, 0.6) is 5.75 Å². The minimum atomic E-state index is -0.177. The number of rotatable bonds is 6. The Balaban J connectivity index is 1.64. The van der Waals surface area contributed by atoms with Crippen LogP contribution in [0.25, 0.3) is 17.2 Å². The maximum Gasteiger partial charge on any atom is 0.253 e. The van der Waals surface area contributed by atoms with Crippen molar-refractivity contribution >= 4 is 11.7 Å². The van der Waals surface area contributed by atoms with E-state index in [2.05, 4.69) is 25.4 Å². The minimum absolute atomic E-state index is 0.177. The predicted molar refractivity (Wildman–Crippen MR) is 117 cm³/mol. The van der Waals surface area contributed by atoms with Gasteiger partial charge >= 0.3 is 0 Å². The van der Waals surface area contributed by atoms with E-state index in [1.807, 2.05) is 56.3 Å². The van der Waals surface area contributed by atoms with E-state index in [0.717, 1.165) is 28.3 Å². The maximum absolute atomic E-state index is 12.7. The molecule has 0 aliphatic heterocycles. The molecule has 1 amide bonds. The lowest BCUT2D eigenvalue weighted by Crippen LogP contribution is -2.17. The Bertz CT molecular complexity index is 1200. The summed E-state index contributed by atoms with van der Waals surface area (Å²) in [6, 6.07) is 14.8. The van der Waals surface area contributed by atoms with Crippen LogP contribution in [0.1, 0.15) is 17.0 Å². The number of nitrogens with one attached hydrogen (secondary N) is 1. The number of nitrogens with zero attached hydrogens (tertiary/aromatic N) is 5. The molecule has 8 heteroatoms. The van der Waals surface area contributed by atoms with Gasteiger partial charge in [-0.1, -0.05) is 12.1 Å². The molecule has 0 saturated heterocycles. The molecule has 4 rings (SSSR count). The number of carbonyl (C=O) groups is 1. The maximum atomic E-state index is 12.7. The monoisotopic (exact) mass is 414 g/mol. The zero-order valence-corrected chi connectivity index (χ0v) is 17.5. The van der Waals surface area contributed by atoms with Gasteiger partial charge in [0.25, 0.3) is 5.95 Å². The van der Waals surface area contributed by atoms with Crippen LogP contribution >= 0.6 is 0 Å². The Kier molecular flexibility index (Phi) is 5.70. The van der Waals surface area contributed by atoms with Gasteiger partial charge in [0, 0.05) is 29.7 Å². The molecular formula is C23H22N6O2. The van der Waals surface area contributed by atoms with Gasteiger partial charge in [-0.3, -0.25) is 9.78 Å². The van der Waals surface area contributed by atoms with E-state index in [4.69, 9.17) is 4.74 Å². The largest absolute Gasteiger partial charge is 0.497 e. The Labute approximate surface area is 180 Å². The van der Waals surface area contributed by atoms with Crippen molar-refractivity contribution < 1.29 is 9.53 Å². The number of methoxy groups -OCH3 is 1. The fraction of sp³-hybridized carbons (Fsp3) is 0.174. The molecule has 0 bridgehead atoms. The van der Waals surface area contributed by atoms with Crippen LogP contribution in [0.3, 0.4) is 0 Å². The van der Waals surface area contributed by atoms with E-state index in [1.54, 1.807) is 30.3 Å². The SMILES string of the molecule is COc1ccc(CC(=O)Nc2cc(-c3ccncc3)nc(-n3nc(C)cc3C)n2)cc1. The van der Waals surface area contributed by atoms with Gasteiger partial charge in [-0.2, -0.15) is 10.1 Å². The second kappa shape index (κ2) is 8.74. The second-order valence-corrected chi connectivity index (χ2v) is 7.09. The third-order valence-corrected chi connectivity index (χ3v) is 4.68. The van der Waals surface area contributed by atoms with Crippen LogP contribution < -0.4 is 10.1 Å². The van der Waals surface area contributed by atoms with E-state index < -0.39 is 0 Å². The third-order valence-electron chi connectivity index (χ3n) is 4.68. The summed E-state index contributed by atoms with van der Waals surface area (Å²) >= 11 is 0. The van der Waals surface area contributed by atoms with Crippen molar-refractivity contribution in [2.45, 2.75) is 20.3 Å². The molecule has 3 aromatic heterocycles. The molecule has 0 aliphatic rings. The highest BCUT2D eigenvalue weighted by atomic mass is 16.5. The average Bonchev–Trinajstić information content (AvgIpc) is 3.12. The Hall–Kier alpha value is -4.07. The fourth-order valence-electron chi connectivity index (χ4n) is 3.21. The van der Waals surface area contributed by atoms with E-state index in [0.29, 0.717) is 17.5 Å². The highest BCUT2D eigenvalue weighted by Crippen LogP contribution is 2.21. The van der Waals surface area contributed by atoms with Gasteiger partial charge in [0.1, 0.15) is 11.6 Å². The summed E-state index contributed by atoms with van der Waals surface area (Å²) in [6.45, 7) is 3.85. The van der Waals surface area contributed by atoms with Gasteiger partial charge in [0.05, 0.1) is 24.9 Å². The number of amides is 1. The quantitative estimate of drug-likeness (QED) is 0.519. The Morgan fingerprint density at radius 3 is 2.42 bits per heavy atom. The number of benzene rings is 1. The number of ether oxygens (including phenoxy) is 1. The number of hydrogen-bond donors (Lipinski definition) is 1. The van der Waals surface area contributed by atoms with Crippen LogP contribution in [0.2, 0.25) is 0 Å². The molecule has 3 heterocycles. The van der Waals surface area contributed by atoms with Gasteiger partial charge in [-0.25, -0.2) is 9.67 Å². The molecule has 0 saturated carbocycles. The Morgan fingerprint density at radius 2 is 1.77 bits per heavy atom. The van der Waals surface area contributed by atoms with E-state index in [9.17, 15) is 4.79 Å². The lowest BCUT2D eigenvalue weighted by molar-refractivity contribution is -0.115. The van der Waals surface area contributed by atoms with E-state index >= 15 is 0 Å². The smallest absolute Gasteiger partial charge is 0.253 e. The normalized spacial score (nSPS) is 10.7. The zero-order valence-electron chi connectivity index (χ0n) is 17.5. The number of pyridine rings is 1. The average molecular weight is 414 g/mol. The summed E-state index contributed by atoms with van der Waals surface area (Å²) in [5.74, 6) is 1.36. The molecule has 0 unspecified atom stereocenters. The van der Waals surface area contributed by atoms with E-state index in [1.165, 1.54) is 0 Å². The minimum Gasteiger partial charge on any atom is -0.497 e. The van der Waals surface area contributed by atoms with Gasteiger partial charge in [0.15, 0.2) is 0 Å². The summed E-state index contributed by atoms with van der Waals surface area (Å²) in [4.78, 5) is 25.9. The highest BCUT2D eigenvalue weighted by molar-refractivity contribution is 5.92. The molecule has 1 N–H and O–H groups in total. The van der Waals surface area contributed by atoms with Crippen LogP contribution in [0.15, 0.2) is 60.9 Å². The molecule has 0 spiro atoms. The number of anilines is 1. The first-order chi connectivity index (χ1) is 15.0. The second-order valence-electron chi connectivity index (χ2n) is 7.09. The summed E-state index contributed by atoms with van der Waals surface area (Å²) in [5.41, 5.74) is 4.17. The molecule has 0 aliphatic carbocycles. The van der Waals surface area contributed by atoms with Crippen LogP contribution in [0.4, 0.5) is 5.82 Å². The summed E-state index contributed by atoms with van der Waals surface area (Å²) < 4.78 is 6.83. The van der Waals surface area contributed by atoms with Crippen molar-refractivity contribution in [2.24, 2.45) is 0 Å². The first kappa shape index (κ1) is 20.2. The van der Waals surface area contributed by atoms with Gasteiger partial charge in [0.2, 0.25) is 5.91 Å². The van der Waals surface area contributed by atoms with Crippen molar-refractivity contribution in [1.29, 1.82) is 0 Å². The molecule has 31 heavy (non-hydrogen) atoms. The molecule has 1 aromatic carbocycles. The molecular weight excluding hydrogens is 392 g/mol. The number of carbonyl (C=O) groups excluding carboxylic acids is 1. The molecule has 0 radical (unpaired) electrons. The van der Waals surface area contributed by atoms with Crippen molar-refractivity contribution in [2.75, 3.05) is 12.4 Å². The van der Waals surface area contributed by atoms with Crippen molar-refractivity contribution in [1.82, 2.24) is 24.7 Å². The van der Waals surface area contributed by atoms with E-state index in [-0.39, 0.29) is 12.3 Å². The third kappa shape index (κ3) is 4.75. The summed E-state index contributed by atoms with van der Waals surface area (Å²) in [6.07, 6.45) is 3.61. The highest BCUT2D eigenvalue weighted by Gasteiger charge is 2.14. The standard InChI is InChI=1S/C23H22N6O2/c1-15-12-16(2)29(28-15)23-25-20(18-8-10-24-11-9-18)14-21(27-23)26-22(30)13-17-4-6-19(31-3)7-5-17/h4-12,14H,13H2,1-3H3,(H,25,26,27,30). The number of aromatic nitrogens is 5. The fourth-order valence-corrected chi connectivity index (χ4v) is 3.21. The lowest BCUT2D eigenvalue weighted by Gasteiger charge is -2.11. The molecule has 4 aromatic rings. The van der Waals surface area contributed by atoms with Crippen molar-refractivity contribution in [3.63, 3.8) is 0 Å². The first-order valence-corrected chi connectivity index (χ1v) is 9.78. The topological polar surface area (TPSA) is 94.8 Å². The molecule has 8 nitrogen and oxygen atoms in total. The predicted octanol–water partition coefficient (Wildman–Crippen LogP) is 3.53. The van der Waals surface area contributed by atoms with Gasteiger partial charge < -0.3 is 10.1 Å². The zero-order chi connectivity index (χ0) is 21.8. The van der Waals surface area contributed by atoms with Crippen LogP contribution in [0, 0.1) is 13.8 Å². The summed E-state index contributed by atoms with van der Waals surface area (Å²) in [5, 5.41) is 7.36. The molecule has 156 valence electrons. The van der Waals surface area contributed by atoms with Crippen molar-refractivity contribution in [3.05, 3.63) is 77.9 Å². The lowest BCUT2D eigenvalue weighted by atomic mass is 10.1. The number of hydrogen-bond acceptors (Lipinski definition) is 6. The molecule has 0 atom stereocenters. The summed E-state index contributed by atoms with van der Waals surface area (Å²) in [7, 11) is 1.61. The Morgan fingerprint density at radius 1 is 1.03 bits per heavy atom. The number of aryl methyl sites for hydroxylation is 2. The van der Waals surface area contributed by atoms with Crippen molar-refractivity contribution in [3.8, 4) is 23.0 Å². The molecule has 0 fully saturated rings. The van der Waals surface area contributed by atoms with Crippen LogP contribution in [-0.2, 0) is 11.2 Å². The van der Waals surface area contributed by atoms with Gasteiger partial charge in [-0.15, -0.1) is 0 Å². The first-order valence-electron chi connectivity index (χ1n) is 9.78. The van der Waals surface area contributed by atoms with Gasteiger partial charge in [-0.05, 0) is 49.7 Å².